The molecule has 2 atom stereocenters. The lowest BCUT2D eigenvalue weighted by molar-refractivity contribution is -0.119. The van der Waals surface area contributed by atoms with Gasteiger partial charge in [-0.15, -0.1) is 0 Å². The fourth-order valence-corrected chi connectivity index (χ4v) is 2.75. The highest BCUT2D eigenvalue weighted by Gasteiger charge is 2.24. The maximum atomic E-state index is 12.4. The predicted molar refractivity (Wildman–Crippen MR) is 80.6 cm³/mol. The lowest BCUT2D eigenvalue weighted by Gasteiger charge is -2.27. The Morgan fingerprint density at radius 3 is 3.15 bits per heavy atom. The lowest BCUT2D eigenvalue weighted by atomic mass is 9.94. The van der Waals surface area contributed by atoms with Crippen LogP contribution in [-0.4, -0.2) is 23.5 Å². The second-order valence-electron chi connectivity index (χ2n) is 5.53. The lowest BCUT2D eigenvalue weighted by Crippen LogP contribution is -2.45. The van der Waals surface area contributed by atoms with Gasteiger partial charge in [0, 0.05) is 17.8 Å². The van der Waals surface area contributed by atoms with E-state index < -0.39 is 0 Å². The van der Waals surface area contributed by atoms with Crippen molar-refractivity contribution < 1.29 is 4.79 Å². The largest absolute Gasteiger partial charge is 0.324 e. The van der Waals surface area contributed by atoms with Crippen LogP contribution < -0.4 is 10.6 Å². The Hall–Kier alpha value is -1.94. The number of carbonyl (C=O) groups excluding carboxylic acids is 1. The van der Waals surface area contributed by atoms with Crippen molar-refractivity contribution >= 4 is 22.4 Å². The highest BCUT2D eigenvalue weighted by atomic mass is 16.2. The number of pyridine rings is 1. The summed E-state index contributed by atoms with van der Waals surface area (Å²) >= 11 is 0. The van der Waals surface area contributed by atoms with Crippen molar-refractivity contribution in [3.8, 4) is 0 Å². The number of aromatic nitrogens is 1. The van der Waals surface area contributed by atoms with Gasteiger partial charge in [0.05, 0.1) is 11.7 Å². The molecule has 1 saturated heterocycles. The third-order valence-corrected chi connectivity index (χ3v) is 3.92. The molecule has 0 bridgehead atoms. The molecule has 1 fully saturated rings. The second kappa shape index (κ2) is 5.59. The fraction of sp³-hybridized carbons (Fsp3) is 0.375. The molecule has 104 valence electrons. The topological polar surface area (TPSA) is 54.0 Å². The highest BCUT2D eigenvalue weighted by molar-refractivity contribution is 6.03. The number of carbonyl (C=O) groups is 1. The first kappa shape index (κ1) is 13.1. The summed E-state index contributed by atoms with van der Waals surface area (Å²) in [5.74, 6) is 0.647. The summed E-state index contributed by atoms with van der Waals surface area (Å²) in [5.41, 5.74) is 0.834. The molecule has 2 aromatic rings. The molecular weight excluding hydrogens is 250 g/mol. The maximum absolute atomic E-state index is 12.4. The molecule has 2 heterocycles. The van der Waals surface area contributed by atoms with Crippen molar-refractivity contribution in [2.75, 3.05) is 11.9 Å². The Balaban J connectivity index is 1.80. The normalized spacial score (nSPS) is 22.6. The minimum atomic E-state index is -0.0920. The zero-order chi connectivity index (χ0) is 13.9. The van der Waals surface area contributed by atoms with Gasteiger partial charge in [-0.1, -0.05) is 19.1 Å². The van der Waals surface area contributed by atoms with E-state index >= 15 is 0 Å². The monoisotopic (exact) mass is 269 g/mol. The first-order valence-electron chi connectivity index (χ1n) is 7.11. The quantitative estimate of drug-likeness (QED) is 0.881. The molecule has 4 nitrogen and oxygen atoms in total. The van der Waals surface area contributed by atoms with Crippen LogP contribution in [0, 0.1) is 5.92 Å². The molecular formula is C16H19N3O. The Morgan fingerprint density at radius 2 is 2.30 bits per heavy atom. The van der Waals surface area contributed by atoms with Gasteiger partial charge in [-0.25, -0.2) is 0 Å². The van der Waals surface area contributed by atoms with Gasteiger partial charge < -0.3 is 10.6 Å². The number of benzene rings is 1. The Bertz CT molecular complexity index is 621. The van der Waals surface area contributed by atoms with Crippen LogP contribution in [-0.2, 0) is 4.79 Å². The summed E-state index contributed by atoms with van der Waals surface area (Å²) in [6, 6.07) is 7.76. The van der Waals surface area contributed by atoms with Crippen LogP contribution in [0.2, 0.25) is 0 Å². The number of amides is 1. The number of hydrogen-bond acceptors (Lipinski definition) is 3. The van der Waals surface area contributed by atoms with Crippen LogP contribution in [0.25, 0.3) is 10.8 Å². The number of anilines is 1. The van der Waals surface area contributed by atoms with E-state index in [1.165, 1.54) is 0 Å². The molecule has 0 aliphatic carbocycles. The van der Waals surface area contributed by atoms with Gasteiger partial charge in [-0.3, -0.25) is 9.78 Å². The number of fused-ring (bicyclic) bond motifs is 1. The first-order valence-corrected chi connectivity index (χ1v) is 7.11. The van der Waals surface area contributed by atoms with Gasteiger partial charge >= 0.3 is 0 Å². The van der Waals surface area contributed by atoms with Gasteiger partial charge in [0.15, 0.2) is 0 Å². The molecule has 4 heteroatoms. The Labute approximate surface area is 118 Å². The van der Waals surface area contributed by atoms with Gasteiger partial charge in [-0.05, 0) is 42.8 Å². The van der Waals surface area contributed by atoms with Crippen molar-refractivity contribution in [2.45, 2.75) is 25.8 Å². The van der Waals surface area contributed by atoms with Gasteiger partial charge in [0.1, 0.15) is 0 Å². The molecule has 2 N–H and O–H groups in total. The molecule has 1 aromatic heterocycles. The average Bonchev–Trinajstić information content (AvgIpc) is 2.47. The zero-order valence-electron chi connectivity index (χ0n) is 11.6. The summed E-state index contributed by atoms with van der Waals surface area (Å²) in [6.07, 6.45) is 5.59. The van der Waals surface area contributed by atoms with Gasteiger partial charge in [0.2, 0.25) is 5.91 Å². The fourth-order valence-electron chi connectivity index (χ4n) is 2.75. The summed E-state index contributed by atoms with van der Waals surface area (Å²) in [7, 11) is 0. The van der Waals surface area contributed by atoms with E-state index in [1.807, 2.05) is 24.3 Å². The molecule has 1 aliphatic rings. The molecule has 2 unspecified atom stereocenters. The molecule has 1 amide bonds. The van der Waals surface area contributed by atoms with E-state index in [0.29, 0.717) is 5.92 Å². The summed E-state index contributed by atoms with van der Waals surface area (Å²) < 4.78 is 0. The number of nitrogens with zero attached hydrogens (tertiary/aromatic N) is 1. The number of nitrogens with one attached hydrogen (secondary N) is 2. The summed E-state index contributed by atoms with van der Waals surface area (Å²) in [6.45, 7) is 3.11. The van der Waals surface area contributed by atoms with E-state index in [-0.39, 0.29) is 11.9 Å². The second-order valence-corrected chi connectivity index (χ2v) is 5.53. The minimum Gasteiger partial charge on any atom is -0.324 e. The van der Waals surface area contributed by atoms with Crippen molar-refractivity contribution in [1.82, 2.24) is 10.3 Å². The van der Waals surface area contributed by atoms with Crippen molar-refractivity contribution in [3.63, 3.8) is 0 Å². The number of piperidine rings is 1. The molecule has 20 heavy (non-hydrogen) atoms. The molecule has 1 aromatic carbocycles. The van der Waals surface area contributed by atoms with E-state index in [0.717, 1.165) is 35.8 Å². The average molecular weight is 269 g/mol. The molecule has 1 aliphatic heterocycles. The van der Waals surface area contributed by atoms with E-state index in [2.05, 4.69) is 22.5 Å². The van der Waals surface area contributed by atoms with Gasteiger partial charge in [0.25, 0.3) is 0 Å². The predicted octanol–water partition coefficient (Wildman–Crippen LogP) is 2.56. The van der Waals surface area contributed by atoms with Gasteiger partial charge in [-0.2, -0.15) is 0 Å². The van der Waals surface area contributed by atoms with Crippen LogP contribution >= 0.6 is 0 Å². The van der Waals surface area contributed by atoms with E-state index in [4.69, 9.17) is 0 Å². The molecule has 0 spiro atoms. The third kappa shape index (κ3) is 2.65. The number of hydrogen-bond donors (Lipinski definition) is 2. The standard InChI is InChI=1S/C16H19N3O/c1-11-5-8-18-15(9-11)16(20)19-14-4-2-3-12-6-7-17-10-13(12)14/h2-4,6-7,10-11,15,18H,5,8-9H2,1H3,(H,19,20). The SMILES string of the molecule is CC1CCNC(C(=O)Nc2cccc3ccncc23)C1. The summed E-state index contributed by atoms with van der Waals surface area (Å²) in [4.78, 5) is 16.5. The molecule has 0 radical (unpaired) electrons. The Morgan fingerprint density at radius 1 is 1.40 bits per heavy atom. The number of rotatable bonds is 2. The van der Waals surface area contributed by atoms with Crippen LogP contribution in [0.4, 0.5) is 5.69 Å². The van der Waals surface area contributed by atoms with Crippen LogP contribution in [0.1, 0.15) is 19.8 Å². The van der Waals surface area contributed by atoms with Crippen molar-refractivity contribution in [2.24, 2.45) is 5.92 Å². The molecule has 0 saturated carbocycles. The van der Waals surface area contributed by atoms with E-state index in [1.54, 1.807) is 12.4 Å². The van der Waals surface area contributed by atoms with Crippen LogP contribution in [0.5, 0.6) is 0 Å². The third-order valence-electron chi connectivity index (χ3n) is 3.92. The minimum absolute atomic E-state index is 0.0490. The van der Waals surface area contributed by atoms with Crippen LogP contribution in [0.15, 0.2) is 36.7 Å². The van der Waals surface area contributed by atoms with Crippen LogP contribution in [0.3, 0.4) is 0 Å². The zero-order valence-corrected chi connectivity index (χ0v) is 11.6. The Kier molecular flexibility index (Phi) is 3.65. The maximum Gasteiger partial charge on any atom is 0.241 e. The highest BCUT2D eigenvalue weighted by Crippen LogP contribution is 2.23. The van der Waals surface area contributed by atoms with E-state index in [9.17, 15) is 4.79 Å². The van der Waals surface area contributed by atoms with Crippen molar-refractivity contribution in [1.29, 1.82) is 0 Å². The van der Waals surface area contributed by atoms with Crippen molar-refractivity contribution in [3.05, 3.63) is 36.7 Å². The smallest absolute Gasteiger partial charge is 0.241 e. The summed E-state index contributed by atoms with van der Waals surface area (Å²) in [5, 5.41) is 8.39. The first-order chi connectivity index (χ1) is 9.74. The molecule has 3 rings (SSSR count).